The topological polar surface area (TPSA) is 94.0 Å². The molecular formula is C14H14N3NaO3S. The molecule has 0 heterocycles. The minimum atomic E-state index is -4.43. The van der Waals surface area contributed by atoms with E-state index < -0.39 is 10.1 Å². The Morgan fingerprint density at radius 1 is 0.955 bits per heavy atom. The largest absolute Gasteiger partial charge is 1.00 e. The molecule has 0 amide bonds. The predicted octanol–water partition coefficient (Wildman–Crippen LogP) is -0.270. The Morgan fingerprint density at radius 3 is 1.82 bits per heavy atom. The molecule has 0 aliphatic rings. The molecule has 110 valence electrons. The van der Waals surface area contributed by atoms with Gasteiger partial charge in [-0.3, -0.25) is 0 Å². The molecule has 0 fully saturated rings. The Kier molecular flexibility index (Phi) is 7.34. The molecule has 1 N–H and O–H groups in total. The molecular weight excluding hydrogens is 313 g/mol. The van der Waals surface area contributed by atoms with E-state index in [9.17, 15) is 13.0 Å². The zero-order chi connectivity index (χ0) is 15.3. The van der Waals surface area contributed by atoms with E-state index in [0.717, 1.165) is 12.1 Å². The van der Waals surface area contributed by atoms with E-state index in [2.05, 4.69) is 15.5 Å². The van der Waals surface area contributed by atoms with Crippen LogP contribution in [0.15, 0.2) is 63.7 Å². The van der Waals surface area contributed by atoms with Gasteiger partial charge in [0, 0.05) is 6.54 Å². The monoisotopic (exact) mass is 327 g/mol. The summed E-state index contributed by atoms with van der Waals surface area (Å²) in [6.07, 6.45) is 0. The Morgan fingerprint density at radius 2 is 1.41 bits per heavy atom. The van der Waals surface area contributed by atoms with Crippen LogP contribution in [0.3, 0.4) is 0 Å². The fraction of sp³-hybridized carbons (Fsp3) is 0.143. The number of rotatable bonds is 5. The second kappa shape index (κ2) is 8.52. The van der Waals surface area contributed by atoms with Crippen molar-refractivity contribution in [3.63, 3.8) is 0 Å². The average molecular weight is 327 g/mol. The summed E-state index contributed by atoms with van der Waals surface area (Å²) in [4.78, 5) is -0.280. The van der Waals surface area contributed by atoms with Gasteiger partial charge in [0.15, 0.2) is 0 Å². The Labute approximate surface area is 151 Å². The van der Waals surface area contributed by atoms with Crippen LogP contribution in [-0.4, -0.2) is 20.0 Å². The summed E-state index contributed by atoms with van der Waals surface area (Å²) in [5, 5.41) is 11.1. The molecule has 0 spiro atoms. The molecule has 0 unspecified atom stereocenters. The summed E-state index contributed by atoms with van der Waals surface area (Å²) >= 11 is 0. The summed E-state index contributed by atoms with van der Waals surface area (Å²) < 4.78 is 32.4. The average Bonchev–Trinajstić information content (AvgIpc) is 2.46. The summed E-state index contributed by atoms with van der Waals surface area (Å²) in [6.45, 7) is 0.780. The van der Waals surface area contributed by atoms with Crippen LogP contribution in [0.1, 0.15) is 5.56 Å². The van der Waals surface area contributed by atoms with Gasteiger partial charge >= 0.3 is 29.6 Å². The first-order valence-electron chi connectivity index (χ1n) is 6.20. The Bertz CT molecular complexity index is 729. The van der Waals surface area contributed by atoms with Gasteiger partial charge in [0.25, 0.3) is 0 Å². The van der Waals surface area contributed by atoms with Crippen LogP contribution in [0.2, 0.25) is 0 Å². The Hall–Kier alpha value is -1.09. The van der Waals surface area contributed by atoms with Crippen molar-refractivity contribution in [2.45, 2.75) is 11.4 Å². The number of nitrogens with one attached hydrogen (secondary N) is 1. The van der Waals surface area contributed by atoms with E-state index in [1.807, 2.05) is 31.3 Å². The van der Waals surface area contributed by atoms with Gasteiger partial charge in [-0.15, -0.1) is 0 Å². The summed E-state index contributed by atoms with van der Waals surface area (Å²) in [5.74, 6) is 0. The van der Waals surface area contributed by atoms with Crippen LogP contribution in [-0.2, 0) is 16.7 Å². The molecule has 6 nitrogen and oxygen atoms in total. The first kappa shape index (κ1) is 19.0. The molecule has 0 atom stereocenters. The normalized spacial score (nSPS) is 11.4. The van der Waals surface area contributed by atoms with E-state index >= 15 is 0 Å². The fourth-order valence-electron chi connectivity index (χ4n) is 1.68. The van der Waals surface area contributed by atoms with Crippen molar-refractivity contribution in [2.75, 3.05) is 7.05 Å². The standard InChI is InChI=1S/C14H15N3O3S.Na/c1-15-10-11-2-4-12(5-3-11)16-17-13-6-8-14(9-7-13)21(18,19)20;/h2-9,15H,10H2,1H3,(H,18,19,20);/q;+1/p-1. The van der Waals surface area contributed by atoms with Gasteiger partial charge in [0.2, 0.25) is 0 Å². The smallest absolute Gasteiger partial charge is 0.744 e. The van der Waals surface area contributed by atoms with E-state index in [1.54, 1.807) is 0 Å². The van der Waals surface area contributed by atoms with Crippen LogP contribution in [0, 0.1) is 0 Å². The maximum absolute atomic E-state index is 10.8. The van der Waals surface area contributed by atoms with Gasteiger partial charge in [0.1, 0.15) is 10.1 Å². The maximum atomic E-state index is 10.8. The molecule has 0 saturated carbocycles. The van der Waals surface area contributed by atoms with Crippen LogP contribution in [0.25, 0.3) is 0 Å². The minimum Gasteiger partial charge on any atom is -0.744 e. The third-order valence-corrected chi connectivity index (χ3v) is 3.57. The zero-order valence-electron chi connectivity index (χ0n) is 12.4. The molecule has 2 rings (SSSR count). The van der Waals surface area contributed by atoms with Crippen LogP contribution in [0.5, 0.6) is 0 Å². The summed E-state index contributed by atoms with van der Waals surface area (Å²) in [7, 11) is -2.55. The van der Waals surface area contributed by atoms with Gasteiger partial charge < -0.3 is 9.87 Å². The van der Waals surface area contributed by atoms with Crippen molar-refractivity contribution in [1.82, 2.24) is 5.32 Å². The molecule has 0 bridgehead atoms. The number of nitrogens with zero attached hydrogens (tertiary/aromatic N) is 2. The number of benzene rings is 2. The molecule has 8 heteroatoms. The molecule has 0 aliphatic carbocycles. The van der Waals surface area contributed by atoms with Crippen LogP contribution < -0.4 is 34.9 Å². The first-order valence-corrected chi connectivity index (χ1v) is 7.61. The van der Waals surface area contributed by atoms with Crippen molar-refractivity contribution in [2.24, 2.45) is 10.2 Å². The number of hydrogen-bond acceptors (Lipinski definition) is 6. The van der Waals surface area contributed by atoms with E-state index in [4.69, 9.17) is 0 Å². The number of hydrogen-bond donors (Lipinski definition) is 1. The second-order valence-corrected chi connectivity index (χ2v) is 5.72. The van der Waals surface area contributed by atoms with Crippen LogP contribution >= 0.6 is 0 Å². The molecule has 0 aliphatic heterocycles. The van der Waals surface area contributed by atoms with Gasteiger partial charge in [0.05, 0.1) is 16.3 Å². The maximum Gasteiger partial charge on any atom is 1.00 e. The van der Waals surface area contributed by atoms with Gasteiger partial charge in [-0.2, -0.15) is 10.2 Å². The zero-order valence-corrected chi connectivity index (χ0v) is 15.2. The van der Waals surface area contributed by atoms with Gasteiger partial charge in [-0.05, 0) is 49.0 Å². The minimum absolute atomic E-state index is 0. The SMILES string of the molecule is CNCc1ccc(N=Nc2ccc(S(=O)(=O)[O-])cc2)cc1.[Na+]. The molecule has 0 radical (unpaired) electrons. The molecule has 2 aromatic carbocycles. The van der Waals surface area contributed by atoms with Crippen molar-refractivity contribution in [3.8, 4) is 0 Å². The third-order valence-electron chi connectivity index (χ3n) is 2.72. The molecule has 22 heavy (non-hydrogen) atoms. The van der Waals surface area contributed by atoms with Crippen molar-refractivity contribution < 1.29 is 42.5 Å². The Balaban J connectivity index is 0.00000242. The third kappa shape index (κ3) is 5.60. The van der Waals surface area contributed by atoms with Crippen molar-refractivity contribution in [1.29, 1.82) is 0 Å². The van der Waals surface area contributed by atoms with Crippen LogP contribution in [0.4, 0.5) is 11.4 Å². The molecule has 2 aromatic rings. The first-order chi connectivity index (χ1) is 9.99. The van der Waals surface area contributed by atoms with Gasteiger partial charge in [-0.1, -0.05) is 12.1 Å². The van der Waals surface area contributed by atoms with E-state index in [1.165, 1.54) is 24.3 Å². The van der Waals surface area contributed by atoms with Gasteiger partial charge in [-0.25, -0.2) is 8.42 Å². The fourth-order valence-corrected chi connectivity index (χ4v) is 2.15. The van der Waals surface area contributed by atoms with E-state index in [0.29, 0.717) is 11.4 Å². The predicted molar refractivity (Wildman–Crippen MR) is 77.8 cm³/mol. The van der Waals surface area contributed by atoms with Crippen molar-refractivity contribution in [3.05, 3.63) is 54.1 Å². The quantitative estimate of drug-likeness (QED) is 0.465. The van der Waals surface area contributed by atoms with E-state index in [-0.39, 0.29) is 34.5 Å². The number of azo groups is 1. The molecule has 0 saturated heterocycles. The van der Waals surface area contributed by atoms with Crippen molar-refractivity contribution >= 4 is 21.5 Å². The molecule has 0 aromatic heterocycles. The second-order valence-electron chi connectivity index (χ2n) is 4.34. The summed E-state index contributed by atoms with van der Waals surface area (Å²) in [5.41, 5.74) is 2.30. The summed E-state index contributed by atoms with van der Waals surface area (Å²) in [6, 6.07) is 12.9.